The Kier molecular flexibility index (Phi) is 39.2. The number of nitrogens with one attached hydrogen (secondary N) is 1. The summed E-state index contributed by atoms with van der Waals surface area (Å²) in [5.41, 5.74) is 0. The van der Waals surface area contributed by atoms with Gasteiger partial charge in [-0.25, -0.2) is 0 Å². The molecule has 0 fully saturated rings. The van der Waals surface area contributed by atoms with Gasteiger partial charge in [0.15, 0.2) is 0 Å². The summed E-state index contributed by atoms with van der Waals surface area (Å²) in [6.07, 6.45) is 49.6. The zero-order valence-electron chi connectivity index (χ0n) is 33.3. The molecule has 0 spiro atoms. The first-order valence-corrected chi connectivity index (χ1v) is 21.8. The second kappa shape index (κ2) is 40.3. The Hall–Kier alpha value is -1.43. The molecule has 0 aliphatic heterocycles. The molecule has 5 nitrogen and oxygen atoms in total. The van der Waals surface area contributed by atoms with Crippen LogP contribution in [0.5, 0.6) is 0 Å². The third-order valence-electron chi connectivity index (χ3n) is 9.94. The molecular formula is C45H85NO4. The molecule has 0 heterocycles. The Balaban J connectivity index is 3.71. The summed E-state index contributed by atoms with van der Waals surface area (Å²) in [5.74, 6) is -0.163. The fraction of sp³-hybridized carbons (Fsp3) is 0.844. The van der Waals surface area contributed by atoms with Crippen LogP contribution in [0.2, 0.25) is 0 Å². The van der Waals surface area contributed by atoms with Crippen molar-refractivity contribution < 1.29 is 20.1 Å². The van der Waals surface area contributed by atoms with Crippen molar-refractivity contribution in [2.75, 3.05) is 6.61 Å². The van der Waals surface area contributed by atoms with E-state index in [9.17, 15) is 20.1 Å². The van der Waals surface area contributed by atoms with Crippen molar-refractivity contribution in [1.82, 2.24) is 5.32 Å². The molecule has 0 rings (SSSR count). The molecule has 50 heavy (non-hydrogen) atoms. The highest BCUT2D eigenvalue weighted by atomic mass is 16.3. The van der Waals surface area contributed by atoms with Gasteiger partial charge in [0.1, 0.15) is 6.10 Å². The summed E-state index contributed by atoms with van der Waals surface area (Å²) in [6.45, 7) is 4.16. The fourth-order valence-electron chi connectivity index (χ4n) is 6.53. The van der Waals surface area contributed by atoms with Crippen molar-refractivity contribution in [3.63, 3.8) is 0 Å². The Bertz CT molecular complexity index is 779. The summed E-state index contributed by atoms with van der Waals surface area (Å²) in [7, 11) is 0. The van der Waals surface area contributed by atoms with Gasteiger partial charge in [-0.1, -0.05) is 172 Å². The van der Waals surface area contributed by atoms with Crippen LogP contribution in [0.3, 0.4) is 0 Å². The molecule has 0 saturated carbocycles. The largest absolute Gasteiger partial charge is 0.394 e. The molecule has 3 unspecified atom stereocenters. The molecule has 1 amide bonds. The number of rotatable bonds is 39. The molecule has 0 aromatic carbocycles. The van der Waals surface area contributed by atoms with Gasteiger partial charge in [-0.05, 0) is 77.0 Å². The lowest BCUT2D eigenvalue weighted by Gasteiger charge is -2.26. The van der Waals surface area contributed by atoms with Gasteiger partial charge in [0.05, 0.1) is 18.8 Å². The Labute approximate surface area is 311 Å². The molecule has 3 atom stereocenters. The lowest BCUT2D eigenvalue weighted by atomic mass is 10.0. The molecule has 0 aromatic heterocycles. The summed E-state index contributed by atoms with van der Waals surface area (Å²) >= 11 is 0. The van der Waals surface area contributed by atoms with Crippen molar-refractivity contribution in [3.8, 4) is 0 Å². The summed E-state index contributed by atoms with van der Waals surface area (Å²) in [5, 5.41) is 33.5. The van der Waals surface area contributed by atoms with E-state index in [1.807, 2.05) is 0 Å². The van der Waals surface area contributed by atoms with Crippen molar-refractivity contribution in [2.24, 2.45) is 0 Å². The molecule has 0 aromatic rings. The first kappa shape index (κ1) is 48.6. The monoisotopic (exact) mass is 704 g/mol. The third kappa shape index (κ3) is 35.0. The lowest BCUT2D eigenvalue weighted by molar-refractivity contribution is -0.124. The van der Waals surface area contributed by atoms with E-state index in [0.717, 1.165) is 44.9 Å². The normalized spacial score (nSPS) is 13.9. The van der Waals surface area contributed by atoms with Gasteiger partial charge < -0.3 is 20.6 Å². The Morgan fingerprint density at radius 3 is 1.22 bits per heavy atom. The highest BCUT2D eigenvalue weighted by Crippen LogP contribution is 2.14. The van der Waals surface area contributed by atoms with Crippen LogP contribution < -0.4 is 5.32 Å². The van der Waals surface area contributed by atoms with Crippen molar-refractivity contribution >= 4 is 5.91 Å². The Morgan fingerprint density at radius 1 is 0.480 bits per heavy atom. The first-order chi connectivity index (χ1) is 24.6. The predicted octanol–water partition coefficient (Wildman–Crippen LogP) is 12.4. The van der Waals surface area contributed by atoms with E-state index in [4.69, 9.17) is 0 Å². The van der Waals surface area contributed by atoms with Crippen LogP contribution in [0.1, 0.15) is 219 Å². The van der Waals surface area contributed by atoms with E-state index >= 15 is 0 Å². The van der Waals surface area contributed by atoms with E-state index in [1.54, 1.807) is 0 Å². The molecule has 0 aliphatic carbocycles. The van der Waals surface area contributed by atoms with Gasteiger partial charge in [-0.3, -0.25) is 4.79 Å². The number of unbranched alkanes of at least 4 members (excludes halogenated alkanes) is 25. The minimum absolute atomic E-state index is 0.163. The second-order valence-electron chi connectivity index (χ2n) is 14.9. The average molecular weight is 704 g/mol. The number of amides is 1. The molecule has 4 N–H and O–H groups in total. The van der Waals surface area contributed by atoms with Crippen LogP contribution in [0.4, 0.5) is 0 Å². The van der Waals surface area contributed by atoms with E-state index in [-0.39, 0.29) is 12.5 Å². The zero-order chi connectivity index (χ0) is 36.6. The maximum Gasteiger partial charge on any atom is 0.220 e. The van der Waals surface area contributed by atoms with E-state index in [0.29, 0.717) is 12.8 Å². The standard InChI is InChI=1S/C45H85NO4/c1-3-5-7-9-11-13-15-17-19-21-22-24-26-28-30-32-34-36-38-40-44(49)46-42(41-47)45(50)43(48)39-37-35-33-31-29-27-25-23-20-18-16-14-12-10-8-6-4-2/h21-23,25,31,33,42-43,45,47-48,50H,3-20,24,26-30,32,34-41H2,1-2H3,(H,46,49)/b22-21-,25-23+,33-31+. The number of hydrogen-bond donors (Lipinski definition) is 4. The topological polar surface area (TPSA) is 89.8 Å². The van der Waals surface area contributed by atoms with Gasteiger partial charge in [-0.2, -0.15) is 0 Å². The van der Waals surface area contributed by atoms with Crippen LogP contribution in [-0.4, -0.2) is 46.1 Å². The predicted molar refractivity (Wildman–Crippen MR) is 218 cm³/mol. The minimum Gasteiger partial charge on any atom is -0.394 e. The lowest BCUT2D eigenvalue weighted by Crippen LogP contribution is -2.50. The number of aliphatic hydroxyl groups is 3. The Morgan fingerprint density at radius 2 is 0.820 bits per heavy atom. The molecule has 5 heteroatoms. The van der Waals surface area contributed by atoms with E-state index < -0.39 is 18.2 Å². The number of hydrogen-bond acceptors (Lipinski definition) is 4. The van der Waals surface area contributed by atoms with E-state index in [2.05, 4.69) is 55.6 Å². The number of carbonyl (C=O) groups is 1. The molecule has 0 radical (unpaired) electrons. The number of carbonyl (C=O) groups excluding carboxylic acids is 1. The van der Waals surface area contributed by atoms with Crippen molar-refractivity contribution in [2.45, 2.75) is 238 Å². The average Bonchev–Trinajstić information content (AvgIpc) is 3.12. The highest BCUT2D eigenvalue weighted by molar-refractivity contribution is 5.76. The van der Waals surface area contributed by atoms with Crippen molar-refractivity contribution in [1.29, 1.82) is 0 Å². The number of aliphatic hydroxyl groups excluding tert-OH is 3. The molecule has 0 bridgehead atoms. The summed E-state index contributed by atoms with van der Waals surface area (Å²) < 4.78 is 0. The van der Waals surface area contributed by atoms with Crippen LogP contribution in [0, 0.1) is 0 Å². The molecule has 0 saturated heterocycles. The van der Waals surface area contributed by atoms with Crippen LogP contribution in [-0.2, 0) is 4.79 Å². The van der Waals surface area contributed by atoms with E-state index in [1.165, 1.54) is 148 Å². The maximum atomic E-state index is 12.4. The SMILES string of the molecule is CCCCCCCCCC/C=C\CCCCCCCCCC(=O)NC(CO)C(O)C(O)CCC/C=C/CC/C=C/CCCCCCCCCC. The van der Waals surface area contributed by atoms with Crippen LogP contribution >= 0.6 is 0 Å². The van der Waals surface area contributed by atoms with Gasteiger partial charge in [0, 0.05) is 6.42 Å². The fourth-order valence-corrected chi connectivity index (χ4v) is 6.53. The van der Waals surface area contributed by atoms with Gasteiger partial charge in [0.25, 0.3) is 0 Å². The smallest absolute Gasteiger partial charge is 0.220 e. The van der Waals surface area contributed by atoms with Crippen LogP contribution in [0.15, 0.2) is 36.5 Å². The van der Waals surface area contributed by atoms with Crippen molar-refractivity contribution in [3.05, 3.63) is 36.5 Å². The molecule has 0 aliphatic rings. The molecule has 294 valence electrons. The number of allylic oxidation sites excluding steroid dienone is 6. The molecular weight excluding hydrogens is 618 g/mol. The second-order valence-corrected chi connectivity index (χ2v) is 14.9. The van der Waals surface area contributed by atoms with Crippen LogP contribution in [0.25, 0.3) is 0 Å². The summed E-state index contributed by atoms with van der Waals surface area (Å²) in [6, 6.07) is -0.833. The quantitative estimate of drug-likeness (QED) is 0.0379. The highest BCUT2D eigenvalue weighted by Gasteiger charge is 2.26. The van der Waals surface area contributed by atoms with Gasteiger partial charge in [0.2, 0.25) is 5.91 Å². The zero-order valence-corrected chi connectivity index (χ0v) is 33.3. The maximum absolute atomic E-state index is 12.4. The van der Waals surface area contributed by atoms with Gasteiger partial charge >= 0.3 is 0 Å². The van der Waals surface area contributed by atoms with Gasteiger partial charge in [-0.15, -0.1) is 0 Å². The minimum atomic E-state index is -1.17. The first-order valence-electron chi connectivity index (χ1n) is 21.8. The third-order valence-corrected chi connectivity index (χ3v) is 9.94. The summed E-state index contributed by atoms with van der Waals surface area (Å²) in [4.78, 5) is 12.4.